The molecule has 152 valence electrons. The van der Waals surface area contributed by atoms with E-state index in [9.17, 15) is 14.4 Å². The van der Waals surface area contributed by atoms with E-state index in [1.165, 1.54) is 6.92 Å². The molecule has 1 atom stereocenters. The Hall–Kier alpha value is -2.61. The molecule has 1 N–H and O–H groups in total. The average Bonchev–Trinajstić information content (AvgIpc) is 2.66. The first-order chi connectivity index (χ1) is 13.4. The number of rotatable bonds is 6. The van der Waals surface area contributed by atoms with Crippen molar-refractivity contribution in [1.29, 1.82) is 0 Å². The molecule has 0 aromatic heterocycles. The number of hydrogen-bond acceptors (Lipinski definition) is 6. The zero-order valence-electron chi connectivity index (χ0n) is 16.4. The molecule has 3 rings (SSSR count). The van der Waals surface area contributed by atoms with Crippen LogP contribution >= 0.6 is 0 Å². The van der Waals surface area contributed by atoms with Crippen LogP contribution in [0, 0.1) is 0 Å². The molecule has 8 heteroatoms. The van der Waals surface area contributed by atoms with Gasteiger partial charge in [0, 0.05) is 53.0 Å². The molecule has 0 spiro atoms. The van der Waals surface area contributed by atoms with Crippen molar-refractivity contribution in [1.82, 2.24) is 9.80 Å². The third-order valence-corrected chi connectivity index (χ3v) is 5.04. The summed E-state index contributed by atoms with van der Waals surface area (Å²) in [7, 11) is 0. The number of anilines is 1. The number of fused-ring (bicyclic) bond motifs is 1. The minimum absolute atomic E-state index is 0.0246. The fourth-order valence-electron chi connectivity index (χ4n) is 3.57. The Morgan fingerprint density at radius 3 is 2.57 bits per heavy atom. The van der Waals surface area contributed by atoms with E-state index < -0.39 is 6.10 Å². The number of carbonyl (C=O) groups is 3. The summed E-state index contributed by atoms with van der Waals surface area (Å²) in [4.78, 5) is 38.7. The zero-order valence-corrected chi connectivity index (χ0v) is 16.4. The molecule has 28 heavy (non-hydrogen) atoms. The largest absolute Gasteiger partial charge is 0.487 e. The van der Waals surface area contributed by atoms with Gasteiger partial charge in [-0.05, 0) is 18.1 Å². The second kappa shape index (κ2) is 9.05. The molecule has 2 aliphatic heterocycles. The van der Waals surface area contributed by atoms with Gasteiger partial charge in [0.05, 0.1) is 5.69 Å². The lowest BCUT2D eigenvalue weighted by molar-refractivity contribution is -0.149. The van der Waals surface area contributed by atoms with Crippen molar-refractivity contribution >= 4 is 23.5 Å². The van der Waals surface area contributed by atoms with E-state index in [4.69, 9.17) is 9.47 Å². The van der Waals surface area contributed by atoms with Crippen molar-refractivity contribution in [3.8, 4) is 5.75 Å². The zero-order chi connectivity index (χ0) is 20.1. The number of nitrogens with zero attached hydrogens (tertiary/aromatic N) is 2. The van der Waals surface area contributed by atoms with Crippen LogP contribution in [-0.4, -0.2) is 73.0 Å². The Morgan fingerprint density at radius 1 is 1.14 bits per heavy atom. The summed E-state index contributed by atoms with van der Waals surface area (Å²) in [6.07, 6.45) is 0.724. The van der Waals surface area contributed by atoms with Gasteiger partial charge in [0.15, 0.2) is 0 Å². The first-order valence-electron chi connectivity index (χ1n) is 9.62. The van der Waals surface area contributed by atoms with E-state index in [1.54, 1.807) is 13.0 Å². The molecule has 8 nitrogen and oxygen atoms in total. The summed E-state index contributed by atoms with van der Waals surface area (Å²) in [5.41, 5.74) is 1.75. The lowest BCUT2D eigenvalue weighted by Gasteiger charge is -2.35. The highest BCUT2D eigenvalue weighted by Crippen LogP contribution is 2.32. The predicted octanol–water partition coefficient (Wildman–Crippen LogP) is 1.05. The lowest BCUT2D eigenvalue weighted by atomic mass is 10.0. The highest BCUT2D eigenvalue weighted by molar-refractivity contribution is 5.95. The van der Waals surface area contributed by atoms with Crippen LogP contribution in [0.3, 0.4) is 0 Å². The van der Waals surface area contributed by atoms with Gasteiger partial charge in [0.2, 0.25) is 11.8 Å². The third kappa shape index (κ3) is 5.22. The second-order valence-electron chi connectivity index (χ2n) is 7.19. The average molecular weight is 389 g/mol. The van der Waals surface area contributed by atoms with Crippen LogP contribution in [0.25, 0.3) is 0 Å². The number of carbonyl (C=O) groups excluding carboxylic acids is 3. The SMILES string of the molecule is CC(=O)OC(COc1cccc2c1NC(=O)CC2)CN1CCN(C(C)=O)CC1. The standard InChI is InChI=1S/C20H27N3O5/c1-14(24)23-10-8-22(9-11-23)12-17(28-15(2)25)13-27-18-5-3-4-16-6-7-19(26)21-20(16)18/h3-5,17H,6-13H2,1-2H3,(H,21,26). The summed E-state index contributed by atoms with van der Waals surface area (Å²) < 4.78 is 11.4. The van der Waals surface area contributed by atoms with E-state index in [2.05, 4.69) is 10.2 Å². The molecule has 0 saturated carbocycles. The second-order valence-corrected chi connectivity index (χ2v) is 7.19. The number of para-hydroxylation sites is 1. The first-order valence-corrected chi connectivity index (χ1v) is 9.62. The van der Waals surface area contributed by atoms with Gasteiger partial charge in [-0.3, -0.25) is 19.3 Å². The minimum Gasteiger partial charge on any atom is -0.487 e. The van der Waals surface area contributed by atoms with Gasteiger partial charge < -0.3 is 19.7 Å². The van der Waals surface area contributed by atoms with Gasteiger partial charge >= 0.3 is 5.97 Å². The van der Waals surface area contributed by atoms with Crippen molar-refractivity contribution in [3.63, 3.8) is 0 Å². The Labute approximate surface area is 164 Å². The summed E-state index contributed by atoms with van der Waals surface area (Å²) >= 11 is 0. The van der Waals surface area contributed by atoms with Crippen molar-refractivity contribution in [2.75, 3.05) is 44.6 Å². The van der Waals surface area contributed by atoms with E-state index in [0.29, 0.717) is 43.9 Å². The number of aryl methyl sites for hydroxylation is 1. The fraction of sp³-hybridized carbons (Fsp3) is 0.550. The quantitative estimate of drug-likeness (QED) is 0.732. The molecule has 0 bridgehead atoms. The number of piperazine rings is 1. The number of esters is 1. The lowest BCUT2D eigenvalue weighted by Crippen LogP contribution is -2.51. The van der Waals surface area contributed by atoms with Gasteiger partial charge in [0.25, 0.3) is 0 Å². The maximum absolute atomic E-state index is 11.7. The molecule has 1 saturated heterocycles. The molecule has 1 aromatic carbocycles. The summed E-state index contributed by atoms with van der Waals surface area (Å²) in [5.74, 6) is 0.280. The normalized spacial score (nSPS) is 18.1. The molecule has 0 aliphatic carbocycles. The molecule has 0 radical (unpaired) electrons. The van der Waals surface area contributed by atoms with Crippen LogP contribution in [0.4, 0.5) is 5.69 Å². The smallest absolute Gasteiger partial charge is 0.303 e. The van der Waals surface area contributed by atoms with Gasteiger partial charge in [-0.2, -0.15) is 0 Å². The number of nitrogens with one attached hydrogen (secondary N) is 1. The van der Waals surface area contributed by atoms with Crippen LogP contribution in [0.15, 0.2) is 18.2 Å². The Bertz CT molecular complexity index is 743. The highest BCUT2D eigenvalue weighted by atomic mass is 16.6. The van der Waals surface area contributed by atoms with Crippen LogP contribution in [0.2, 0.25) is 0 Å². The van der Waals surface area contributed by atoms with Crippen molar-refractivity contribution in [3.05, 3.63) is 23.8 Å². The molecule has 2 heterocycles. The van der Waals surface area contributed by atoms with E-state index in [0.717, 1.165) is 18.7 Å². The molecule has 2 amide bonds. The van der Waals surface area contributed by atoms with Crippen LogP contribution in [-0.2, 0) is 25.5 Å². The third-order valence-electron chi connectivity index (χ3n) is 5.04. The summed E-state index contributed by atoms with van der Waals surface area (Å²) in [5, 5.41) is 2.87. The Morgan fingerprint density at radius 2 is 1.89 bits per heavy atom. The topological polar surface area (TPSA) is 88.2 Å². The van der Waals surface area contributed by atoms with E-state index in [-0.39, 0.29) is 24.4 Å². The molecular formula is C20H27N3O5. The summed E-state index contributed by atoms with van der Waals surface area (Å²) in [6, 6.07) is 5.67. The van der Waals surface area contributed by atoms with Gasteiger partial charge in [-0.1, -0.05) is 12.1 Å². The monoisotopic (exact) mass is 389 g/mol. The molecule has 1 unspecified atom stereocenters. The van der Waals surface area contributed by atoms with Crippen molar-refractivity contribution < 1.29 is 23.9 Å². The van der Waals surface area contributed by atoms with Crippen molar-refractivity contribution in [2.24, 2.45) is 0 Å². The Kier molecular flexibility index (Phi) is 6.51. The maximum atomic E-state index is 11.7. The van der Waals surface area contributed by atoms with Crippen LogP contribution in [0.1, 0.15) is 25.8 Å². The number of amides is 2. The summed E-state index contributed by atoms with van der Waals surface area (Å²) in [6.45, 7) is 6.48. The van der Waals surface area contributed by atoms with Crippen LogP contribution in [0.5, 0.6) is 5.75 Å². The Balaban J connectivity index is 1.60. The number of benzene rings is 1. The van der Waals surface area contributed by atoms with E-state index >= 15 is 0 Å². The fourth-order valence-corrected chi connectivity index (χ4v) is 3.57. The van der Waals surface area contributed by atoms with Gasteiger partial charge in [0.1, 0.15) is 18.5 Å². The molecule has 1 fully saturated rings. The minimum atomic E-state index is -0.434. The molecule has 1 aromatic rings. The van der Waals surface area contributed by atoms with Crippen LogP contribution < -0.4 is 10.1 Å². The first kappa shape index (κ1) is 20.1. The van der Waals surface area contributed by atoms with Crippen molar-refractivity contribution in [2.45, 2.75) is 32.8 Å². The highest BCUT2D eigenvalue weighted by Gasteiger charge is 2.24. The number of ether oxygens (including phenoxy) is 2. The van der Waals surface area contributed by atoms with Gasteiger partial charge in [-0.25, -0.2) is 0 Å². The van der Waals surface area contributed by atoms with E-state index in [1.807, 2.05) is 17.0 Å². The van der Waals surface area contributed by atoms with Gasteiger partial charge in [-0.15, -0.1) is 0 Å². The predicted molar refractivity (Wildman–Crippen MR) is 103 cm³/mol. The molecular weight excluding hydrogens is 362 g/mol. The molecule has 2 aliphatic rings. The maximum Gasteiger partial charge on any atom is 0.303 e. The number of hydrogen-bond donors (Lipinski definition) is 1.